The van der Waals surface area contributed by atoms with Crippen LogP contribution in [-0.2, 0) is 0 Å². The molecule has 0 bridgehead atoms. The van der Waals surface area contributed by atoms with E-state index in [4.69, 9.17) is 9.98 Å². The van der Waals surface area contributed by atoms with Crippen molar-refractivity contribution in [1.29, 1.82) is 0 Å². The summed E-state index contributed by atoms with van der Waals surface area (Å²) >= 11 is 1.81. The number of amidine groups is 1. The third kappa shape index (κ3) is 6.48. The van der Waals surface area contributed by atoms with E-state index in [2.05, 4.69) is 171 Å². The van der Waals surface area contributed by atoms with E-state index in [1.165, 1.54) is 70.0 Å². The van der Waals surface area contributed by atoms with E-state index in [9.17, 15) is 0 Å². The largest absolute Gasteiger partial charge is 0.309 e. The van der Waals surface area contributed by atoms with Gasteiger partial charge in [-0.25, -0.2) is 9.98 Å². The summed E-state index contributed by atoms with van der Waals surface area (Å²) in [6.07, 6.45) is 0. The monoisotopic (exact) mass is 775 g/mol. The lowest BCUT2D eigenvalue weighted by atomic mass is 9.88. The number of hydrogen-bond acceptors (Lipinski definition) is 2. The van der Waals surface area contributed by atoms with Gasteiger partial charge in [0.1, 0.15) is 0 Å². The Hall–Kier alpha value is -7.14. The zero-order valence-corrected chi connectivity index (χ0v) is 34.1. The minimum absolute atomic E-state index is 0.636. The molecule has 4 heteroatoms. The van der Waals surface area contributed by atoms with Gasteiger partial charge in [0.25, 0.3) is 0 Å². The first-order chi connectivity index (χ1) is 28.9. The van der Waals surface area contributed by atoms with Crippen molar-refractivity contribution in [3.8, 4) is 27.9 Å². The average Bonchev–Trinajstić information content (AvgIpc) is 3.82. The normalized spacial score (nSPS) is 12.3. The Bertz CT molecular complexity index is 3260. The molecule has 0 aliphatic heterocycles. The van der Waals surface area contributed by atoms with Crippen LogP contribution in [0, 0.1) is 13.8 Å². The number of benzene rings is 8. The summed E-state index contributed by atoms with van der Waals surface area (Å²) in [7, 11) is 0. The Labute approximate surface area is 348 Å². The molecule has 8 aromatic carbocycles. The van der Waals surface area contributed by atoms with Gasteiger partial charge in [-0.1, -0.05) is 146 Å². The Balaban J connectivity index is 1.11. The fourth-order valence-corrected chi connectivity index (χ4v) is 9.66. The standard InChI is InChI=1S/C55H41N3S/c1-35-29-31-42(58-49-26-13-11-22-45(49)46-23-12-14-27-50(46)58)34-47(35)53-36(2)17-15-25-44(53)41-30-32-51-48(33-41)54-43(24-16-28-52(54)59-51)38(4)57-55(40-20-9-6-10-21-40)56-37(3)39-18-7-5-8-19-39/h5-34H,4H2,1-3H3/b56-37+,57-55-. The minimum atomic E-state index is 0.636. The van der Waals surface area contributed by atoms with E-state index in [0.717, 1.165) is 33.5 Å². The van der Waals surface area contributed by atoms with Crippen molar-refractivity contribution in [2.75, 3.05) is 0 Å². The molecule has 0 fully saturated rings. The van der Waals surface area contributed by atoms with Crippen molar-refractivity contribution in [1.82, 2.24) is 4.57 Å². The van der Waals surface area contributed by atoms with Crippen LogP contribution in [0.3, 0.4) is 0 Å². The predicted octanol–water partition coefficient (Wildman–Crippen LogP) is 15.0. The Morgan fingerprint density at radius 3 is 1.92 bits per heavy atom. The lowest BCUT2D eigenvalue weighted by Crippen LogP contribution is -2.04. The van der Waals surface area contributed by atoms with Crippen molar-refractivity contribution in [2.45, 2.75) is 20.8 Å². The van der Waals surface area contributed by atoms with Gasteiger partial charge in [-0.05, 0) is 102 Å². The third-order valence-corrected chi connectivity index (χ3v) is 12.6. The quantitative estimate of drug-likeness (QED) is 0.114. The predicted molar refractivity (Wildman–Crippen MR) is 255 cm³/mol. The summed E-state index contributed by atoms with van der Waals surface area (Å²) in [6.45, 7) is 11.1. The summed E-state index contributed by atoms with van der Waals surface area (Å²) in [4.78, 5) is 10.3. The van der Waals surface area contributed by atoms with Crippen molar-refractivity contribution in [3.05, 3.63) is 216 Å². The molecule has 3 nitrogen and oxygen atoms in total. The molecule has 0 amide bonds. The number of aryl methyl sites for hydroxylation is 2. The second kappa shape index (κ2) is 15.0. The second-order valence-electron chi connectivity index (χ2n) is 15.2. The topological polar surface area (TPSA) is 29.6 Å². The SMILES string of the molecule is C=C(/N=C(\N=C(/C)c1ccccc1)c1ccccc1)c1cccc2sc3ccc(-c4cccc(C)c4-c4cc(-n5c6ccccc6c6ccccc65)ccc4C)cc3c12. The summed E-state index contributed by atoms with van der Waals surface area (Å²) in [5.41, 5.74) is 15.5. The average molecular weight is 776 g/mol. The maximum absolute atomic E-state index is 5.18. The Kier molecular flexibility index (Phi) is 9.20. The third-order valence-electron chi connectivity index (χ3n) is 11.5. The summed E-state index contributed by atoms with van der Waals surface area (Å²) in [5, 5.41) is 4.88. The van der Waals surface area contributed by atoms with Crippen LogP contribution in [0.25, 0.3) is 75.6 Å². The highest BCUT2D eigenvalue weighted by molar-refractivity contribution is 7.25. The molecule has 2 heterocycles. The van der Waals surface area contributed by atoms with Crippen LogP contribution in [-0.4, -0.2) is 16.1 Å². The molecule has 2 aromatic heterocycles. The highest BCUT2D eigenvalue weighted by Crippen LogP contribution is 2.43. The molecular formula is C55H41N3S. The van der Waals surface area contributed by atoms with Crippen molar-refractivity contribution in [2.24, 2.45) is 9.98 Å². The van der Waals surface area contributed by atoms with Crippen LogP contribution in [0.1, 0.15) is 34.7 Å². The molecule has 0 spiro atoms. The van der Waals surface area contributed by atoms with E-state index >= 15 is 0 Å². The van der Waals surface area contributed by atoms with Crippen LogP contribution >= 0.6 is 11.3 Å². The molecule has 10 rings (SSSR count). The van der Waals surface area contributed by atoms with Crippen molar-refractivity contribution < 1.29 is 0 Å². The molecule has 59 heavy (non-hydrogen) atoms. The Morgan fingerprint density at radius 2 is 1.19 bits per heavy atom. The summed E-state index contributed by atoms with van der Waals surface area (Å²) in [5.74, 6) is 0.636. The second-order valence-corrected chi connectivity index (χ2v) is 16.3. The molecular weight excluding hydrogens is 735 g/mol. The summed E-state index contributed by atoms with van der Waals surface area (Å²) in [6, 6.07) is 64.8. The van der Waals surface area contributed by atoms with Gasteiger partial charge < -0.3 is 4.57 Å². The van der Waals surface area contributed by atoms with Gasteiger partial charge >= 0.3 is 0 Å². The number of rotatable bonds is 7. The highest BCUT2D eigenvalue weighted by atomic mass is 32.1. The fraction of sp³-hybridized carbons (Fsp3) is 0.0545. The van der Waals surface area contributed by atoms with Crippen LogP contribution in [0.15, 0.2) is 199 Å². The molecule has 282 valence electrons. The number of aromatic nitrogens is 1. The van der Waals surface area contributed by atoms with Crippen LogP contribution in [0.4, 0.5) is 0 Å². The maximum Gasteiger partial charge on any atom is 0.160 e. The first-order valence-corrected chi connectivity index (χ1v) is 20.8. The molecule has 0 N–H and O–H groups in total. The first kappa shape index (κ1) is 36.2. The zero-order valence-electron chi connectivity index (χ0n) is 33.3. The molecule has 0 saturated heterocycles. The van der Waals surface area contributed by atoms with Gasteiger partial charge in [0.15, 0.2) is 5.84 Å². The number of nitrogens with zero attached hydrogens (tertiary/aromatic N) is 3. The molecule has 0 aliphatic rings. The van der Waals surface area contributed by atoms with E-state index in [1.54, 1.807) is 0 Å². The number of fused-ring (bicyclic) bond motifs is 6. The smallest absolute Gasteiger partial charge is 0.160 e. The fourth-order valence-electron chi connectivity index (χ4n) is 8.55. The van der Waals surface area contributed by atoms with Gasteiger partial charge in [-0.2, -0.15) is 0 Å². The van der Waals surface area contributed by atoms with Crippen molar-refractivity contribution >= 4 is 70.6 Å². The lowest BCUT2D eigenvalue weighted by Gasteiger charge is -2.18. The molecule has 0 saturated carbocycles. The maximum atomic E-state index is 5.18. The van der Waals surface area contributed by atoms with Gasteiger partial charge in [-0.3, -0.25) is 0 Å². The summed E-state index contributed by atoms with van der Waals surface area (Å²) < 4.78 is 4.84. The molecule has 0 atom stereocenters. The number of aliphatic imine (C=N–C) groups is 2. The van der Waals surface area contributed by atoms with Gasteiger partial charge in [0, 0.05) is 53.5 Å². The van der Waals surface area contributed by atoms with E-state index in [-0.39, 0.29) is 0 Å². The van der Waals surface area contributed by atoms with E-state index < -0.39 is 0 Å². The van der Waals surface area contributed by atoms with Crippen LogP contribution in [0.5, 0.6) is 0 Å². The van der Waals surface area contributed by atoms with Crippen LogP contribution < -0.4 is 0 Å². The lowest BCUT2D eigenvalue weighted by molar-refractivity contribution is 1.17. The highest BCUT2D eigenvalue weighted by Gasteiger charge is 2.19. The molecule has 0 aliphatic carbocycles. The minimum Gasteiger partial charge on any atom is -0.309 e. The molecule has 0 radical (unpaired) electrons. The molecule has 10 aromatic rings. The zero-order chi connectivity index (χ0) is 40.0. The van der Waals surface area contributed by atoms with Gasteiger partial charge in [-0.15, -0.1) is 11.3 Å². The van der Waals surface area contributed by atoms with Gasteiger partial charge in [0.2, 0.25) is 0 Å². The van der Waals surface area contributed by atoms with E-state index in [1.807, 2.05) is 54.7 Å². The number of para-hydroxylation sites is 2. The molecule has 0 unspecified atom stereocenters. The van der Waals surface area contributed by atoms with Crippen molar-refractivity contribution in [3.63, 3.8) is 0 Å². The Morgan fingerprint density at radius 1 is 0.525 bits per heavy atom. The van der Waals surface area contributed by atoms with E-state index in [0.29, 0.717) is 11.5 Å². The number of thiophene rings is 1. The first-order valence-electron chi connectivity index (χ1n) is 20.0. The number of hydrogen-bond donors (Lipinski definition) is 0. The van der Waals surface area contributed by atoms with Crippen LogP contribution in [0.2, 0.25) is 0 Å². The van der Waals surface area contributed by atoms with Gasteiger partial charge in [0.05, 0.1) is 16.7 Å².